The summed E-state index contributed by atoms with van der Waals surface area (Å²) in [7, 11) is 0. The maximum atomic E-state index is 11.1. The number of carbonyl (C=O) groups is 1. The Kier molecular flexibility index (Phi) is 5.92. The lowest BCUT2D eigenvalue weighted by molar-refractivity contribution is -0.145. The lowest BCUT2D eigenvalue weighted by atomic mass is 9.83. The van der Waals surface area contributed by atoms with Crippen LogP contribution in [0.5, 0.6) is 0 Å². The fourth-order valence-electron chi connectivity index (χ4n) is 2.07. The van der Waals surface area contributed by atoms with E-state index in [0.717, 1.165) is 18.9 Å². The summed E-state index contributed by atoms with van der Waals surface area (Å²) in [4.78, 5) is 11.1. The maximum Gasteiger partial charge on any atom is 0.323 e. The van der Waals surface area contributed by atoms with Crippen molar-refractivity contribution >= 4 is 5.97 Å². The molecule has 17 heavy (non-hydrogen) atoms. The molecule has 1 saturated carbocycles. The molecular weight excluding hydrogens is 218 g/mol. The van der Waals surface area contributed by atoms with E-state index in [1.54, 1.807) is 6.92 Å². The average Bonchev–Trinajstić information content (AvgIpc) is 2.20. The molecule has 0 radical (unpaired) electrons. The Labute approximate surface area is 104 Å². The summed E-state index contributed by atoms with van der Waals surface area (Å²) in [6.07, 6.45) is 5.69. The van der Waals surface area contributed by atoms with Gasteiger partial charge in [0.05, 0.1) is 0 Å². The first-order valence-electron chi connectivity index (χ1n) is 6.64. The molecule has 2 N–H and O–H groups in total. The topological polar surface area (TPSA) is 58.6 Å². The van der Waals surface area contributed by atoms with E-state index in [0.29, 0.717) is 19.6 Å². The van der Waals surface area contributed by atoms with Gasteiger partial charge in [-0.05, 0) is 32.2 Å². The van der Waals surface area contributed by atoms with Crippen LogP contribution in [0.25, 0.3) is 0 Å². The molecule has 4 nitrogen and oxygen atoms in total. The van der Waals surface area contributed by atoms with Crippen LogP contribution < -0.4 is 5.32 Å². The summed E-state index contributed by atoms with van der Waals surface area (Å²) in [5.74, 6) is 0.0524. The third-order valence-corrected chi connectivity index (χ3v) is 3.68. The van der Waals surface area contributed by atoms with Gasteiger partial charge in [0.25, 0.3) is 0 Å². The molecule has 1 atom stereocenters. The van der Waals surface area contributed by atoms with Gasteiger partial charge < -0.3 is 15.2 Å². The number of aliphatic carboxylic acids is 1. The molecule has 0 amide bonds. The molecule has 1 rings (SSSR count). The van der Waals surface area contributed by atoms with Crippen LogP contribution in [0, 0.1) is 5.92 Å². The molecule has 100 valence electrons. The molecule has 0 aliphatic heterocycles. The van der Waals surface area contributed by atoms with E-state index in [1.807, 2.05) is 6.92 Å². The number of likely N-dealkylation sites (N-methyl/N-ethyl adjacent to an activating group) is 1. The van der Waals surface area contributed by atoms with Crippen LogP contribution in [-0.4, -0.2) is 36.4 Å². The molecule has 0 spiro atoms. The van der Waals surface area contributed by atoms with Crippen molar-refractivity contribution in [2.45, 2.75) is 51.5 Å². The number of hydrogen-bond acceptors (Lipinski definition) is 3. The van der Waals surface area contributed by atoms with Gasteiger partial charge in [-0.2, -0.15) is 0 Å². The fraction of sp³-hybridized carbons (Fsp3) is 0.923. The molecule has 1 fully saturated rings. The second-order valence-electron chi connectivity index (χ2n) is 5.12. The Morgan fingerprint density at radius 1 is 1.47 bits per heavy atom. The number of hydrogen-bond donors (Lipinski definition) is 2. The van der Waals surface area contributed by atoms with Crippen LogP contribution >= 0.6 is 0 Å². The van der Waals surface area contributed by atoms with Crippen LogP contribution in [0.15, 0.2) is 0 Å². The average molecular weight is 243 g/mol. The van der Waals surface area contributed by atoms with Gasteiger partial charge in [0.15, 0.2) is 0 Å². The van der Waals surface area contributed by atoms with Gasteiger partial charge in [-0.1, -0.05) is 26.2 Å². The molecular formula is C13H25NO3. The van der Waals surface area contributed by atoms with Gasteiger partial charge >= 0.3 is 5.97 Å². The molecule has 1 aliphatic carbocycles. The molecule has 4 heteroatoms. The number of carboxylic acids is 1. The fourth-order valence-corrected chi connectivity index (χ4v) is 2.07. The van der Waals surface area contributed by atoms with Crippen molar-refractivity contribution in [3.05, 3.63) is 0 Å². The van der Waals surface area contributed by atoms with Gasteiger partial charge in [-0.3, -0.25) is 4.79 Å². The smallest absolute Gasteiger partial charge is 0.323 e. The third kappa shape index (κ3) is 4.64. The second kappa shape index (κ2) is 6.97. The van der Waals surface area contributed by atoms with Crippen LogP contribution in [-0.2, 0) is 9.53 Å². The molecule has 0 saturated heterocycles. The van der Waals surface area contributed by atoms with Crippen LogP contribution in [0.2, 0.25) is 0 Å². The molecule has 0 aromatic carbocycles. The van der Waals surface area contributed by atoms with Crippen molar-refractivity contribution in [3.63, 3.8) is 0 Å². The highest BCUT2D eigenvalue weighted by molar-refractivity contribution is 5.78. The highest BCUT2D eigenvalue weighted by Crippen LogP contribution is 2.29. The number of rotatable bonds is 9. The van der Waals surface area contributed by atoms with Gasteiger partial charge in [0.2, 0.25) is 0 Å². The Morgan fingerprint density at radius 2 is 2.18 bits per heavy atom. The van der Waals surface area contributed by atoms with E-state index >= 15 is 0 Å². The third-order valence-electron chi connectivity index (χ3n) is 3.68. The lowest BCUT2D eigenvalue weighted by Crippen LogP contribution is -2.50. The van der Waals surface area contributed by atoms with E-state index in [4.69, 9.17) is 9.84 Å². The van der Waals surface area contributed by atoms with Crippen molar-refractivity contribution in [2.75, 3.05) is 19.8 Å². The lowest BCUT2D eigenvalue weighted by Gasteiger charge is -2.27. The van der Waals surface area contributed by atoms with Crippen molar-refractivity contribution in [3.8, 4) is 0 Å². The first-order valence-corrected chi connectivity index (χ1v) is 6.64. The van der Waals surface area contributed by atoms with E-state index in [1.165, 1.54) is 19.3 Å². The van der Waals surface area contributed by atoms with Crippen molar-refractivity contribution in [1.29, 1.82) is 0 Å². The zero-order valence-electron chi connectivity index (χ0n) is 11.0. The highest BCUT2D eigenvalue weighted by Gasteiger charge is 2.31. The summed E-state index contributed by atoms with van der Waals surface area (Å²) >= 11 is 0. The van der Waals surface area contributed by atoms with Gasteiger partial charge in [-0.15, -0.1) is 0 Å². The Balaban J connectivity index is 2.11. The summed E-state index contributed by atoms with van der Waals surface area (Å²) in [6.45, 7) is 5.58. The summed E-state index contributed by atoms with van der Waals surface area (Å²) < 4.78 is 5.53. The second-order valence-corrected chi connectivity index (χ2v) is 5.12. The van der Waals surface area contributed by atoms with Crippen molar-refractivity contribution in [2.24, 2.45) is 5.92 Å². The number of nitrogens with one attached hydrogen (secondary N) is 1. The minimum atomic E-state index is -0.856. The molecule has 1 unspecified atom stereocenters. The Hall–Kier alpha value is -0.610. The summed E-state index contributed by atoms with van der Waals surface area (Å²) in [5.41, 5.74) is -0.856. The molecule has 0 heterocycles. The van der Waals surface area contributed by atoms with Crippen LogP contribution in [0.1, 0.15) is 46.0 Å². The quantitative estimate of drug-likeness (QED) is 0.608. The molecule has 0 aromatic heterocycles. The summed E-state index contributed by atoms with van der Waals surface area (Å²) in [5, 5.41) is 12.1. The van der Waals surface area contributed by atoms with E-state index in [2.05, 4.69) is 5.32 Å². The van der Waals surface area contributed by atoms with Crippen LogP contribution in [0.3, 0.4) is 0 Å². The van der Waals surface area contributed by atoms with Crippen LogP contribution in [0.4, 0.5) is 0 Å². The zero-order valence-corrected chi connectivity index (χ0v) is 11.0. The molecule has 1 aliphatic rings. The standard InChI is InChI=1S/C13H25NO3/c1-3-14-13(2,12(15)16)8-10-17-9-7-11-5-4-6-11/h11,14H,3-10H2,1-2H3,(H,15,16). The SMILES string of the molecule is CCNC(C)(CCOCCC1CCC1)C(=O)O. The van der Waals surface area contributed by atoms with E-state index < -0.39 is 11.5 Å². The monoisotopic (exact) mass is 243 g/mol. The van der Waals surface area contributed by atoms with Crippen molar-refractivity contribution < 1.29 is 14.6 Å². The molecule has 0 bridgehead atoms. The first-order chi connectivity index (χ1) is 8.08. The number of ether oxygens (including phenoxy) is 1. The number of carboxylic acid groups (broad SMARTS) is 1. The zero-order chi connectivity index (χ0) is 12.7. The minimum Gasteiger partial charge on any atom is -0.480 e. The van der Waals surface area contributed by atoms with Gasteiger partial charge in [0, 0.05) is 13.2 Å². The minimum absolute atomic E-state index is 0.515. The molecule has 0 aromatic rings. The largest absolute Gasteiger partial charge is 0.480 e. The first kappa shape index (κ1) is 14.5. The predicted octanol–water partition coefficient (Wildman–Crippen LogP) is 2.04. The summed E-state index contributed by atoms with van der Waals surface area (Å²) in [6, 6.07) is 0. The van der Waals surface area contributed by atoms with E-state index in [9.17, 15) is 4.79 Å². The maximum absolute atomic E-state index is 11.1. The highest BCUT2D eigenvalue weighted by atomic mass is 16.5. The Bertz CT molecular complexity index is 241. The normalized spacial score (nSPS) is 19.6. The van der Waals surface area contributed by atoms with E-state index in [-0.39, 0.29) is 0 Å². The van der Waals surface area contributed by atoms with Crippen molar-refractivity contribution in [1.82, 2.24) is 5.32 Å². The van der Waals surface area contributed by atoms with Gasteiger partial charge in [-0.25, -0.2) is 0 Å². The Morgan fingerprint density at radius 3 is 2.65 bits per heavy atom. The predicted molar refractivity (Wildman–Crippen MR) is 67.1 cm³/mol. The van der Waals surface area contributed by atoms with Gasteiger partial charge in [0.1, 0.15) is 5.54 Å².